The number of hydrogen-bond acceptors (Lipinski definition) is 3. The highest BCUT2D eigenvalue weighted by Crippen LogP contribution is 2.14. The summed E-state index contributed by atoms with van der Waals surface area (Å²) in [6.45, 7) is 1.69. The van der Waals surface area contributed by atoms with Gasteiger partial charge in [0.15, 0.2) is 0 Å². The lowest BCUT2D eigenvalue weighted by molar-refractivity contribution is 0.315. The van der Waals surface area contributed by atoms with E-state index in [1.807, 2.05) is 18.2 Å². The zero-order valence-corrected chi connectivity index (χ0v) is 11.2. The van der Waals surface area contributed by atoms with Gasteiger partial charge in [0, 0.05) is 23.6 Å². The first-order valence-corrected chi connectivity index (χ1v) is 6.15. The summed E-state index contributed by atoms with van der Waals surface area (Å²) in [5.41, 5.74) is 7.86. The molecule has 0 saturated carbocycles. The van der Waals surface area contributed by atoms with Crippen LogP contribution in [0, 0.1) is 0 Å². The number of nitrogens with two attached hydrogens (primary N) is 1. The van der Waals surface area contributed by atoms with Crippen LogP contribution < -0.4 is 5.73 Å². The van der Waals surface area contributed by atoms with Crippen LogP contribution >= 0.6 is 15.9 Å². The van der Waals surface area contributed by atoms with Crippen molar-refractivity contribution in [2.24, 2.45) is 0 Å². The predicted octanol–water partition coefficient (Wildman–Crippen LogP) is 2.39. The van der Waals surface area contributed by atoms with Gasteiger partial charge in [-0.15, -0.1) is 0 Å². The monoisotopic (exact) mass is 294 g/mol. The van der Waals surface area contributed by atoms with Crippen molar-refractivity contribution >= 4 is 21.7 Å². The third-order valence-corrected chi connectivity index (χ3v) is 2.93. The molecule has 1 heterocycles. The number of nitrogen functional groups attached to an aromatic ring is 1. The average Bonchev–Trinajstić information content (AvgIpc) is 2.63. The Morgan fingerprint density at radius 2 is 2.18 bits per heavy atom. The summed E-state index contributed by atoms with van der Waals surface area (Å²) >= 11 is 3.47. The fourth-order valence-electron chi connectivity index (χ4n) is 1.75. The van der Waals surface area contributed by atoms with E-state index < -0.39 is 0 Å². The fraction of sp³-hybridized carbons (Fsp3) is 0.250. The lowest BCUT2D eigenvalue weighted by Crippen LogP contribution is -2.17. The minimum Gasteiger partial charge on any atom is -0.382 e. The van der Waals surface area contributed by atoms with Crippen molar-refractivity contribution in [1.29, 1.82) is 0 Å². The third-order valence-electron chi connectivity index (χ3n) is 2.43. The Morgan fingerprint density at radius 3 is 2.82 bits per heavy atom. The molecule has 90 valence electrons. The van der Waals surface area contributed by atoms with E-state index in [4.69, 9.17) is 5.73 Å². The molecule has 0 spiro atoms. The zero-order valence-electron chi connectivity index (χ0n) is 9.65. The van der Waals surface area contributed by atoms with Gasteiger partial charge in [-0.1, -0.05) is 28.1 Å². The van der Waals surface area contributed by atoms with Crippen LogP contribution in [0.5, 0.6) is 0 Å². The molecule has 2 rings (SSSR count). The molecule has 0 unspecified atom stereocenters. The highest BCUT2D eigenvalue weighted by atomic mass is 79.9. The van der Waals surface area contributed by atoms with Crippen molar-refractivity contribution in [2.75, 3.05) is 12.8 Å². The Kier molecular flexibility index (Phi) is 3.81. The molecular formula is C12H15BrN4. The van der Waals surface area contributed by atoms with Gasteiger partial charge in [0.1, 0.15) is 5.82 Å². The Bertz CT molecular complexity index is 495. The Balaban J connectivity index is 1.95. The number of H-pyrrole nitrogens is 1. The molecule has 1 aromatic carbocycles. The smallest absolute Gasteiger partial charge is 0.145 e. The Hall–Kier alpha value is -1.33. The molecule has 17 heavy (non-hydrogen) atoms. The minimum atomic E-state index is 0.538. The van der Waals surface area contributed by atoms with Gasteiger partial charge >= 0.3 is 0 Å². The van der Waals surface area contributed by atoms with Crippen molar-refractivity contribution in [3.63, 3.8) is 0 Å². The Morgan fingerprint density at radius 1 is 1.35 bits per heavy atom. The maximum absolute atomic E-state index is 5.56. The summed E-state index contributed by atoms with van der Waals surface area (Å²) in [5, 5.41) is 6.82. The van der Waals surface area contributed by atoms with Crippen molar-refractivity contribution in [2.45, 2.75) is 13.1 Å². The molecule has 4 nitrogen and oxygen atoms in total. The predicted molar refractivity (Wildman–Crippen MR) is 72.3 cm³/mol. The normalized spacial score (nSPS) is 11.0. The second kappa shape index (κ2) is 5.33. The van der Waals surface area contributed by atoms with Crippen molar-refractivity contribution in [1.82, 2.24) is 15.1 Å². The highest BCUT2D eigenvalue weighted by molar-refractivity contribution is 9.10. The third kappa shape index (κ3) is 3.57. The van der Waals surface area contributed by atoms with Crippen LogP contribution in [-0.4, -0.2) is 22.1 Å². The second-order valence-electron chi connectivity index (χ2n) is 4.12. The summed E-state index contributed by atoms with van der Waals surface area (Å²) in [4.78, 5) is 2.20. The largest absolute Gasteiger partial charge is 0.382 e. The number of benzene rings is 1. The maximum atomic E-state index is 5.56. The number of aromatic amines is 1. The first-order valence-electron chi connectivity index (χ1n) is 5.36. The molecule has 0 aliphatic heterocycles. The summed E-state index contributed by atoms with van der Waals surface area (Å²) < 4.78 is 1.11. The molecule has 0 amide bonds. The zero-order chi connectivity index (χ0) is 12.3. The van der Waals surface area contributed by atoms with E-state index in [0.717, 1.165) is 23.3 Å². The van der Waals surface area contributed by atoms with Crippen LogP contribution in [0.2, 0.25) is 0 Å². The number of nitrogens with zero attached hydrogens (tertiary/aromatic N) is 2. The van der Waals surface area contributed by atoms with Gasteiger partial charge in [-0.2, -0.15) is 5.10 Å². The molecule has 0 bridgehead atoms. The van der Waals surface area contributed by atoms with Gasteiger partial charge < -0.3 is 5.73 Å². The van der Waals surface area contributed by atoms with E-state index in [9.17, 15) is 0 Å². The van der Waals surface area contributed by atoms with Gasteiger partial charge in [-0.25, -0.2) is 0 Å². The number of halogens is 1. The summed E-state index contributed by atoms with van der Waals surface area (Å²) in [5.74, 6) is 0.538. The molecule has 3 N–H and O–H groups in total. The Labute approximate surface area is 109 Å². The molecule has 0 fully saturated rings. The molecule has 0 aliphatic rings. The topological polar surface area (TPSA) is 57.9 Å². The fourth-order valence-corrected chi connectivity index (χ4v) is 2.20. The minimum absolute atomic E-state index is 0.538. The first kappa shape index (κ1) is 12.1. The van der Waals surface area contributed by atoms with Crippen molar-refractivity contribution < 1.29 is 0 Å². The van der Waals surface area contributed by atoms with Crippen LogP contribution in [0.15, 0.2) is 34.8 Å². The molecule has 0 aliphatic carbocycles. The van der Waals surface area contributed by atoms with Gasteiger partial charge in [-0.05, 0) is 24.7 Å². The molecule has 1 aromatic heterocycles. The van der Waals surface area contributed by atoms with Crippen LogP contribution in [0.25, 0.3) is 0 Å². The molecule has 5 heteroatoms. The number of hydrogen-bond donors (Lipinski definition) is 2. The van der Waals surface area contributed by atoms with Crippen molar-refractivity contribution in [3.8, 4) is 0 Å². The first-order chi connectivity index (χ1) is 8.13. The van der Waals surface area contributed by atoms with Gasteiger partial charge in [0.05, 0.1) is 5.69 Å². The molecule has 2 aromatic rings. The number of anilines is 1. The van der Waals surface area contributed by atoms with E-state index in [-0.39, 0.29) is 0 Å². The average molecular weight is 295 g/mol. The van der Waals surface area contributed by atoms with Crippen LogP contribution in [0.1, 0.15) is 11.3 Å². The molecule has 0 radical (unpaired) electrons. The molecule has 0 atom stereocenters. The quantitative estimate of drug-likeness (QED) is 0.910. The van der Waals surface area contributed by atoms with E-state index >= 15 is 0 Å². The van der Waals surface area contributed by atoms with E-state index in [0.29, 0.717) is 5.82 Å². The summed E-state index contributed by atoms with van der Waals surface area (Å²) in [6.07, 6.45) is 0. The van der Waals surface area contributed by atoms with E-state index in [2.05, 4.69) is 50.2 Å². The number of aromatic nitrogens is 2. The van der Waals surface area contributed by atoms with Gasteiger partial charge in [0.25, 0.3) is 0 Å². The van der Waals surface area contributed by atoms with Crippen LogP contribution in [0.3, 0.4) is 0 Å². The lowest BCUT2D eigenvalue weighted by atomic mass is 10.2. The van der Waals surface area contributed by atoms with Crippen LogP contribution in [-0.2, 0) is 13.1 Å². The number of nitrogens with one attached hydrogen (secondary N) is 1. The molecular weight excluding hydrogens is 280 g/mol. The van der Waals surface area contributed by atoms with E-state index in [1.54, 1.807) is 0 Å². The lowest BCUT2D eigenvalue weighted by Gasteiger charge is -2.15. The van der Waals surface area contributed by atoms with Gasteiger partial charge in [0.2, 0.25) is 0 Å². The summed E-state index contributed by atoms with van der Waals surface area (Å²) in [6, 6.07) is 10.2. The number of rotatable bonds is 4. The van der Waals surface area contributed by atoms with Gasteiger partial charge in [-0.3, -0.25) is 10.00 Å². The SMILES string of the molecule is CN(Cc1cccc(Br)c1)Cc1cc(N)n[nH]1. The maximum Gasteiger partial charge on any atom is 0.145 e. The van der Waals surface area contributed by atoms with Crippen LogP contribution in [0.4, 0.5) is 5.82 Å². The standard InChI is InChI=1S/C12H15BrN4/c1-17(8-11-6-12(14)16-15-11)7-9-3-2-4-10(13)5-9/h2-6H,7-8H2,1H3,(H3,14,15,16). The summed E-state index contributed by atoms with van der Waals surface area (Å²) in [7, 11) is 2.07. The molecule has 0 saturated heterocycles. The highest BCUT2D eigenvalue weighted by Gasteiger charge is 2.04. The second-order valence-corrected chi connectivity index (χ2v) is 5.04. The van der Waals surface area contributed by atoms with E-state index in [1.165, 1.54) is 5.56 Å². The van der Waals surface area contributed by atoms with Crippen molar-refractivity contribution in [3.05, 3.63) is 46.1 Å².